The summed E-state index contributed by atoms with van der Waals surface area (Å²) in [5, 5.41) is 0. The van der Waals surface area contributed by atoms with Crippen molar-refractivity contribution in [3.8, 4) is 11.5 Å². The minimum atomic E-state index is -0.531. The number of likely N-dealkylation sites (tertiary alicyclic amines) is 1. The SMILES string of the molecule is O=C(C1COc2ccccc2O1)N1CCCSCC1CN1CCCCC1. The number of ether oxygens (including phenoxy) is 2. The van der Waals surface area contributed by atoms with Gasteiger partial charge < -0.3 is 19.3 Å². The number of fused-ring (bicyclic) bond motifs is 1. The summed E-state index contributed by atoms with van der Waals surface area (Å²) in [6.07, 6.45) is 4.42. The second kappa shape index (κ2) is 8.53. The summed E-state index contributed by atoms with van der Waals surface area (Å²) in [5.41, 5.74) is 0. The molecule has 2 atom stereocenters. The van der Waals surface area contributed by atoms with Gasteiger partial charge >= 0.3 is 0 Å². The molecule has 2 unspecified atom stereocenters. The number of hydrogen-bond acceptors (Lipinski definition) is 5. The van der Waals surface area contributed by atoms with E-state index in [-0.39, 0.29) is 11.9 Å². The van der Waals surface area contributed by atoms with E-state index in [9.17, 15) is 4.79 Å². The number of amides is 1. The van der Waals surface area contributed by atoms with Crippen molar-refractivity contribution in [2.24, 2.45) is 0 Å². The number of carbonyl (C=O) groups excluding carboxylic acids is 1. The highest BCUT2D eigenvalue weighted by atomic mass is 32.2. The average molecular weight is 377 g/mol. The Morgan fingerprint density at radius 2 is 1.88 bits per heavy atom. The predicted molar refractivity (Wildman–Crippen MR) is 104 cm³/mol. The molecule has 2 fully saturated rings. The molecule has 3 aliphatic rings. The fraction of sp³-hybridized carbons (Fsp3) is 0.650. The number of benzene rings is 1. The van der Waals surface area contributed by atoms with Crippen LogP contribution in [0.2, 0.25) is 0 Å². The van der Waals surface area contributed by atoms with Gasteiger partial charge in [-0.25, -0.2) is 0 Å². The number of carbonyl (C=O) groups is 1. The highest BCUT2D eigenvalue weighted by molar-refractivity contribution is 7.99. The molecule has 0 bridgehead atoms. The molecule has 0 aliphatic carbocycles. The van der Waals surface area contributed by atoms with Crippen LogP contribution in [0.5, 0.6) is 11.5 Å². The fourth-order valence-corrected chi connectivity index (χ4v) is 5.09. The Morgan fingerprint density at radius 3 is 2.73 bits per heavy atom. The second-order valence-corrected chi connectivity index (χ2v) is 8.49. The Hall–Kier alpha value is -1.40. The van der Waals surface area contributed by atoms with Crippen molar-refractivity contribution >= 4 is 17.7 Å². The number of thioether (sulfide) groups is 1. The van der Waals surface area contributed by atoms with Crippen molar-refractivity contribution in [1.29, 1.82) is 0 Å². The van der Waals surface area contributed by atoms with Crippen molar-refractivity contribution in [3.05, 3.63) is 24.3 Å². The van der Waals surface area contributed by atoms with Gasteiger partial charge in [0, 0.05) is 18.8 Å². The van der Waals surface area contributed by atoms with Crippen LogP contribution in [0.25, 0.3) is 0 Å². The van der Waals surface area contributed by atoms with E-state index in [4.69, 9.17) is 9.47 Å². The summed E-state index contributed by atoms with van der Waals surface area (Å²) in [4.78, 5) is 17.9. The Balaban J connectivity index is 1.45. The van der Waals surface area contributed by atoms with Crippen molar-refractivity contribution < 1.29 is 14.3 Å². The molecule has 0 saturated carbocycles. The largest absolute Gasteiger partial charge is 0.485 e. The second-order valence-electron chi connectivity index (χ2n) is 7.34. The Kier molecular flexibility index (Phi) is 5.90. The molecular weight excluding hydrogens is 348 g/mol. The van der Waals surface area contributed by atoms with E-state index < -0.39 is 6.10 Å². The number of rotatable bonds is 3. The lowest BCUT2D eigenvalue weighted by Gasteiger charge is -2.37. The summed E-state index contributed by atoms with van der Waals surface area (Å²) in [6, 6.07) is 7.87. The van der Waals surface area contributed by atoms with Crippen LogP contribution >= 0.6 is 11.8 Å². The van der Waals surface area contributed by atoms with Crippen molar-refractivity contribution in [1.82, 2.24) is 9.80 Å². The van der Waals surface area contributed by atoms with Gasteiger partial charge in [-0.15, -0.1) is 0 Å². The minimum Gasteiger partial charge on any atom is -0.485 e. The van der Waals surface area contributed by atoms with Crippen LogP contribution in [-0.4, -0.2) is 72.1 Å². The zero-order valence-corrected chi connectivity index (χ0v) is 16.1. The molecule has 4 rings (SSSR count). The van der Waals surface area contributed by atoms with Gasteiger partial charge in [0.2, 0.25) is 6.10 Å². The first-order chi connectivity index (χ1) is 12.8. The monoisotopic (exact) mass is 376 g/mol. The van der Waals surface area contributed by atoms with Gasteiger partial charge in [-0.2, -0.15) is 11.8 Å². The molecule has 2 saturated heterocycles. The van der Waals surface area contributed by atoms with Gasteiger partial charge in [0.25, 0.3) is 5.91 Å². The van der Waals surface area contributed by atoms with Crippen LogP contribution in [0, 0.1) is 0 Å². The highest BCUT2D eigenvalue weighted by Crippen LogP contribution is 2.32. The third kappa shape index (κ3) is 4.12. The first-order valence-corrected chi connectivity index (χ1v) is 11.0. The van der Waals surface area contributed by atoms with E-state index >= 15 is 0 Å². The molecule has 142 valence electrons. The molecule has 6 heteroatoms. The Bertz CT molecular complexity index is 621. The number of hydrogen-bond donors (Lipinski definition) is 0. The van der Waals surface area contributed by atoms with Gasteiger partial charge in [0.15, 0.2) is 11.5 Å². The van der Waals surface area contributed by atoms with Gasteiger partial charge in [-0.05, 0) is 50.2 Å². The lowest BCUT2D eigenvalue weighted by Crippen LogP contribution is -2.54. The Morgan fingerprint density at radius 1 is 1.08 bits per heavy atom. The van der Waals surface area contributed by atoms with Crippen LogP contribution in [0.3, 0.4) is 0 Å². The molecule has 3 heterocycles. The topological polar surface area (TPSA) is 42.0 Å². The van der Waals surface area contributed by atoms with Crippen LogP contribution < -0.4 is 9.47 Å². The average Bonchev–Trinajstić information content (AvgIpc) is 2.93. The maximum Gasteiger partial charge on any atom is 0.267 e. The molecule has 0 spiro atoms. The van der Waals surface area contributed by atoms with E-state index in [1.807, 2.05) is 36.0 Å². The van der Waals surface area contributed by atoms with Gasteiger partial charge in [-0.3, -0.25) is 4.79 Å². The summed E-state index contributed by atoms with van der Waals surface area (Å²) >= 11 is 1.98. The molecule has 1 amide bonds. The van der Waals surface area contributed by atoms with Crippen LogP contribution in [0.4, 0.5) is 0 Å². The zero-order chi connectivity index (χ0) is 17.8. The summed E-state index contributed by atoms with van der Waals surface area (Å²) < 4.78 is 11.8. The maximum absolute atomic E-state index is 13.3. The van der Waals surface area contributed by atoms with Crippen LogP contribution in [-0.2, 0) is 4.79 Å². The quantitative estimate of drug-likeness (QED) is 0.811. The van der Waals surface area contributed by atoms with Crippen molar-refractivity contribution in [2.45, 2.75) is 37.8 Å². The smallest absolute Gasteiger partial charge is 0.267 e. The zero-order valence-electron chi connectivity index (χ0n) is 15.3. The molecular formula is C20H28N2O3S. The van der Waals surface area contributed by atoms with Gasteiger partial charge in [0.1, 0.15) is 6.61 Å². The van der Waals surface area contributed by atoms with E-state index in [1.165, 1.54) is 32.4 Å². The third-order valence-corrected chi connectivity index (χ3v) is 6.62. The van der Waals surface area contributed by atoms with Gasteiger partial charge in [0.05, 0.1) is 6.04 Å². The van der Waals surface area contributed by atoms with Crippen molar-refractivity contribution in [3.63, 3.8) is 0 Å². The lowest BCUT2D eigenvalue weighted by atomic mass is 10.1. The first-order valence-electron chi connectivity index (χ1n) is 9.80. The number of para-hydroxylation sites is 2. The number of nitrogens with zero attached hydrogens (tertiary/aromatic N) is 2. The van der Waals surface area contributed by atoms with E-state index in [0.717, 1.165) is 36.8 Å². The van der Waals surface area contributed by atoms with Gasteiger partial charge in [-0.1, -0.05) is 18.6 Å². The lowest BCUT2D eigenvalue weighted by molar-refractivity contribution is -0.143. The summed E-state index contributed by atoms with van der Waals surface area (Å²) in [6.45, 7) is 4.45. The molecule has 26 heavy (non-hydrogen) atoms. The van der Waals surface area contributed by atoms with E-state index in [2.05, 4.69) is 9.80 Å². The summed E-state index contributed by atoms with van der Waals surface area (Å²) in [7, 11) is 0. The normalized spacial score (nSPS) is 27.0. The standard InChI is InChI=1S/C20H28N2O3S/c23-20(19-14-24-17-7-2-3-8-18(17)25-19)22-11-6-12-26-15-16(22)13-21-9-4-1-5-10-21/h2-3,7-8,16,19H,1,4-6,9-15H2. The summed E-state index contributed by atoms with van der Waals surface area (Å²) in [5.74, 6) is 3.64. The minimum absolute atomic E-state index is 0.0870. The van der Waals surface area contributed by atoms with Crippen LogP contribution in [0.1, 0.15) is 25.7 Å². The molecule has 0 N–H and O–H groups in total. The van der Waals surface area contributed by atoms with Crippen LogP contribution in [0.15, 0.2) is 24.3 Å². The molecule has 0 radical (unpaired) electrons. The third-order valence-electron chi connectivity index (χ3n) is 5.42. The highest BCUT2D eigenvalue weighted by Gasteiger charge is 2.35. The molecule has 1 aromatic rings. The molecule has 1 aromatic carbocycles. The molecule has 0 aromatic heterocycles. The predicted octanol–water partition coefficient (Wildman–Crippen LogP) is 2.65. The Labute approximate surface area is 160 Å². The van der Waals surface area contributed by atoms with Crippen molar-refractivity contribution in [2.75, 3.05) is 44.3 Å². The van der Waals surface area contributed by atoms with E-state index in [0.29, 0.717) is 12.4 Å². The molecule has 3 aliphatic heterocycles. The first kappa shape index (κ1) is 18.0. The molecule has 5 nitrogen and oxygen atoms in total. The van der Waals surface area contributed by atoms with E-state index in [1.54, 1.807) is 0 Å². The fourth-order valence-electron chi connectivity index (χ4n) is 4.04. The number of piperidine rings is 1. The maximum atomic E-state index is 13.3.